The molecule has 112 valence electrons. The third-order valence-electron chi connectivity index (χ3n) is 3.24. The molecular weight excluding hydrogens is 272 g/mol. The van der Waals surface area contributed by atoms with Gasteiger partial charge in [-0.25, -0.2) is 8.78 Å². The van der Waals surface area contributed by atoms with Crippen LogP contribution in [0.25, 0.3) is 0 Å². The smallest absolute Gasteiger partial charge is 0.190 e. The number of rotatable bonds is 7. The van der Waals surface area contributed by atoms with Gasteiger partial charge in [-0.1, -0.05) is 30.3 Å². The van der Waals surface area contributed by atoms with Gasteiger partial charge in [0.05, 0.1) is 6.61 Å². The molecule has 2 aromatic carbocycles. The van der Waals surface area contributed by atoms with Crippen molar-refractivity contribution in [1.29, 1.82) is 0 Å². The number of aryl methyl sites for hydroxylation is 1. The van der Waals surface area contributed by atoms with Crippen LogP contribution >= 0.6 is 0 Å². The van der Waals surface area contributed by atoms with E-state index in [9.17, 15) is 8.78 Å². The Morgan fingerprint density at radius 3 is 2.19 bits per heavy atom. The van der Waals surface area contributed by atoms with E-state index in [1.807, 2.05) is 18.2 Å². The maximum absolute atomic E-state index is 13.7. The summed E-state index contributed by atoms with van der Waals surface area (Å²) in [5.41, 5.74) is 7.03. The van der Waals surface area contributed by atoms with E-state index in [0.717, 1.165) is 19.3 Å². The lowest BCUT2D eigenvalue weighted by Gasteiger charge is -2.09. The highest BCUT2D eigenvalue weighted by Crippen LogP contribution is 2.23. The molecule has 0 atom stereocenters. The fraction of sp³-hybridized carbons (Fsp3) is 0.294. The SMILES string of the molecule is NCc1cc(F)c(OCCCCc2ccccc2)c(F)c1. The highest BCUT2D eigenvalue weighted by atomic mass is 19.1. The standard InChI is InChI=1S/C17H19F2NO/c18-15-10-14(12-20)11-16(19)17(15)21-9-5-4-8-13-6-2-1-3-7-13/h1-3,6-7,10-11H,4-5,8-9,12,20H2. The van der Waals surface area contributed by atoms with Crippen LogP contribution in [-0.2, 0) is 13.0 Å². The molecule has 2 aromatic rings. The highest BCUT2D eigenvalue weighted by Gasteiger charge is 2.11. The van der Waals surface area contributed by atoms with Gasteiger partial charge in [0.1, 0.15) is 0 Å². The lowest BCUT2D eigenvalue weighted by molar-refractivity contribution is 0.276. The van der Waals surface area contributed by atoms with Gasteiger partial charge in [0.2, 0.25) is 0 Å². The Hall–Kier alpha value is -1.94. The molecule has 2 rings (SSSR count). The first kappa shape index (κ1) is 15.4. The van der Waals surface area contributed by atoms with Gasteiger partial charge in [-0.15, -0.1) is 0 Å². The third-order valence-corrected chi connectivity index (χ3v) is 3.24. The van der Waals surface area contributed by atoms with Crippen LogP contribution in [0.1, 0.15) is 24.0 Å². The normalized spacial score (nSPS) is 10.6. The molecule has 0 saturated carbocycles. The van der Waals surface area contributed by atoms with Crippen LogP contribution in [0.15, 0.2) is 42.5 Å². The monoisotopic (exact) mass is 291 g/mol. The van der Waals surface area contributed by atoms with Crippen LogP contribution in [-0.4, -0.2) is 6.61 Å². The average molecular weight is 291 g/mol. The molecule has 0 aromatic heterocycles. The fourth-order valence-electron chi connectivity index (χ4n) is 2.12. The molecule has 0 unspecified atom stereocenters. The predicted octanol–water partition coefficient (Wildman–Crippen LogP) is 3.83. The van der Waals surface area contributed by atoms with Crippen molar-refractivity contribution in [3.05, 3.63) is 65.2 Å². The van der Waals surface area contributed by atoms with Crippen molar-refractivity contribution in [3.8, 4) is 5.75 Å². The summed E-state index contributed by atoms with van der Waals surface area (Å²) >= 11 is 0. The van der Waals surface area contributed by atoms with E-state index in [1.54, 1.807) is 0 Å². The molecular formula is C17H19F2NO. The van der Waals surface area contributed by atoms with Crippen molar-refractivity contribution in [3.63, 3.8) is 0 Å². The molecule has 0 heterocycles. The molecule has 4 heteroatoms. The molecule has 0 aliphatic carbocycles. The molecule has 0 saturated heterocycles. The maximum atomic E-state index is 13.7. The van der Waals surface area contributed by atoms with Crippen molar-refractivity contribution in [2.45, 2.75) is 25.8 Å². The topological polar surface area (TPSA) is 35.2 Å². The van der Waals surface area contributed by atoms with Gasteiger partial charge in [0.25, 0.3) is 0 Å². The van der Waals surface area contributed by atoms with Crippen LogP contribution in [0.3, 0.4) is 0 Å². The van der Waals surface area contributed by atoms with Gasteiger partial charge in [-0.3, -0.25) is 0 Å². The Morgan fingerprint density at radius 1 is 0.905 bits per heavy atom. The highest BCUT2D eigenvalue weighted by molar-refractivity contribution is 5.31. The number of halogens is 2. The van der Waals surface area contributed by atoms with Gasteiger partial charge in [-0.05, 0) is 42.5 Å². The van der Waals surface area contributed by atoms with Crippen molar-refractivity contribution in [2.24, 2.45) is 5.73 Å². The zero-order chi connectivity index (χ0) is 15.1. The molecule has 2 N–H and O–H groups in total. The van der Waals surface area contributed by atoms with E-state index in [-0.39, 0.29) is 12.3 Å². The van der Waals surface area contributed by atoms with Crippen LogP contribution in [0, 0.1) is 11.6 Å². The Morgan fingerprint density at radius 2 is 1.57 bits per heavy atom. The number of nitrogens with two attached hydrogens (primary N) is 1. The first-order chi connectivity index (χ1) is 10.2. The Balaban J connectivity index is 1.79. The zero-order valence-corrected chi connectivity index (χ0v) is 11.8. The Labute approximate surface area is 123 Å². The second-order valence-corrected chi connectivity index (χ2v) is 4.88. The molecule has 0 aliphatic heterocycles. The van der Waals surface area contributed by atoms with Crippen LogP contribution in [0.5, 0.6) is 5.75 Å². The molecule has 0 aliphatic rings. The quantitative estimate of drug-likeness (QED) is 0.787. The summed E-state index contributed by atoms with van der Waals surface area (Å²) in [4.78, 5) is 0. The lowest BCUT2D eigenvalue weighted by Crippen LogP contribution is -2.04. The van der Waals surface area contributed by atoms with Gasteiger partial charge in [-0.2, -0.15) is 0 Å². The summed E-state index contributed by atoms with van der Waals surface area (Å²) in [6.07, 6.45) is 2.59. The van der Waals surface area contributed by atoms with Gasteiger partial charge in [0.15, 0.2) is 17.4 Å². The van der Waals surface area contributed by atoms with Crippen molar-refractivity contribution in [1.82, 2.24) is 0 Å². The molecule has 0 radical (unpaired) electrons. The average Bonchev–Trinajstić information content (AvgIpc) is 2.50. The first-order valence-electron chi connectivity index (χ1n) is 7.05. The Kier molecular flexibility index (Phi) is 5.69. The molecule has 0 spiro atoms. The van der Waals surface area contributed by atoms with E-state index in [0.29, 0.717) is 12.2 Å². The lowest BCUT2D eigenvalue weighted by atomic mass is 10.1. The third kappa shape index (κ3) is 4.53. The van der Waals surface area contributed by atoms with Crippen molar-refractivity contribution >= 4 is 0 Å². The molecule has 0 amide bonds. The molecule has 2 nitrogen and oxygen atoms in total. The minimum absolute atomic E-state index is 0.102. The van der Waals surface area contributed by atoms with E-state index in [4.69, 9.17) is 10.5 Å². The van der Waals surface area contributed by atoms with Crippen LogP contribution < -0.4 is 10.5 Å². The summed E-state index contributed by atoms with van der Waals surface area (Å²) in [5.74, 6) is -1.70. The molecule has 0 fully saturated rings. The van der Waals surface area contributed by atoms with Gasteiger partial charge < -0.3 is 10.5 Å². The number of hydrogen-bond donors (Lipinski definition) is 1. The summed E-state index contributed by atoms with van der Waals surface area (Å²) in [7, 11) is 0. The summed E-state index contributed by atoms with van der Waals surface area (Å²) in [5, 5.41) is 0. The minimum Gasteiger partial charge on any atom is -0.488 e. The number of hydrogen-bond acceptors (Lipinski definition) is 2. The maximum Gasteiger partial charge on any atom is 0.190 e. The summed E-state index contributed by atoms with van der Waals surface area (Å²) < 4.78 is 32.5. The Bertz CT molecular complexity index is 549. The second-order valence-electron chi connectivity index (χ2n) is 4.88. The van der Waals surface area contributed by atoms with E-state index in [2.05, 4.69) is 12.1 Å². The van der Waals surface area contributed by atoms with Gasteiger partial charge >= 0.3 is 0 Å². The number of benzene rings is 2. The predicted molar refractivity (Wildman–Crippen MR) is 79.1 cm³/mol. The van der Waals surface area contributed by atoms with Crippen molar-refractivity contribution < 1.29 is 13.5 Å². The minimum atomic E-state index is -0.696. The second kappa shape index (κ2) is 7.74. The van der Waals surface area contributed by atoms with E-state index < -0.39 is 11.6 Å². The van der Waals surface area contributed by atoms with Gasteiger partial charge in [0, 0.05) is 6.54 Å². The molecule has 0 bridgehead atoms. The first-order valence-corrected chi connectivity index (χ1v) is 7.05. The van der Waals surface area contributed by atoms with Crippen molar-refractivity contribution in [2.75, 3.05) is 6.61 Å². The molecule has 21 heavy (non-hydrogen) atoms. The van der Waals surface area contributed by atoms with E-state index >= 15 is 0 Å². The largest absolute Gasteiger partial charge is 0.488 e. The summed E-state index contributed by atoms with van der Waals surface area (Å²) in [6.45, 7) is 0.397. The number of unbranched alkanes of at least 4 members (excludes halogenated alkanes) is 1. The number of ether oxygens (including phenoxy) is 1. The summed E-state index contributed by atoms with van der Waals surface area (Å²) in [6, 6.07) is 12.5. The van der Waals surface area contributed by atoms with E-state index in [1.165, 1.54) is 17.7 Å². The van der Waals surface area contributed by atoms with Crippen LogP contribution in [0.2, 0.25) is 0 Å². The fourth-order valence-corrected chi connectivity index (χ4v) is 2.12. The zero-order valence-electron chi connectivity index (χ0n) is 11.8. The van der Waals surface area contributed by atoms with Crippen LogP contribution in [0.4, 0.5) is 8.78 Å².